The molecule has 11 heteroatoms. The Morgan fingerprint density at radius 2 is 1.95 bits per heavy atom. The normalized spacial score (nSPS) is 11.4. The predicted octanol–water partition coefficient (Wildman–Crippen LogP) is 5.55. The van der Waals surface area contributed by atoms with Gasteiger partial charge in [0.1, 0.15) is 17.6 Å². The minimum absolute atomic E-state index is 0.200. The van der Waals surface area contributed by atoms with Gasteiger partial charge in [0.25, 0.3) is 0 Å². The number of hydrogen-bond acceptors (Lipinski definition) is 8. The standard InChI is InChI=1S/C32H37FN8O2/c1-20(2)8-11-30(42)36-25-15-26(29(43-7)16-28(25)40(5)13-12-39(3)4)37-32-35-18-21(17-34)31(38-32)24-19-41(6)27-10-9-22(33)14-23(24)27/h8-11,14-16,18-20H,12-13H2,1-7H3,(H,36,42)(H,35,37,38)/b11-8-. The second-order valence-electron chi connectivity index (χ2n) is 10.9. The average molecular weight is 585 g/mol. The number of halogens is 1. The lowest BCUT2D eigenvalue weighted by Crippen LogP contribution is -2.29. The van der Waals surface area contributed by atoms with Gasteiger partial charge < -0.3 is 29.7 Å². The van der Waals surface area contributed by atoms with Crippen LogP contribution >= 0.6 is 0 Å². The molecule has 4 rings (SSSR count). The van der Waals surface area contributed by atoms with Gasteiger partial charge in [-0.3, -0.25) is 4.79 Å². The van der Waals surface area contributed by atoms with Crippen molar-refractivity contribution in [3.63, 3.8) is 0 Å². The third-order valence-electron chi connectivity index (χ3n) is 6.86. The lowest BCUT2D eigenvalue weighted by atomic mass is 10.1. The van der Waals surface area contributed by atoms with E-state index in [2.05, 4.69) is 31.6 Å². The number of nitrogens with zero attached hydrogens (tertiary/aromatic N) is 6. The fourth-order valence-corrected chi connectivity index (χ4v) is 4.58. The van der Waals surface area contributed by atoms with Gasteiger partial charge in [0.2, 0.25) is 11.9 Å². The summed E-state index contributed by atoms with van der Waals surface area (Å²) in [5, 5.41) is 16.7. The van der Waals surface area contributed by atoms with Crippen LogP contribution in [-0.2, 0) is 11.8 Å². The van der Waals surface area contributed by atoms with E-state index in [-0.39, 0.29) is 29.2 Å². The lowest BCUT2D eigenvalue weighted by Gasteiger charge is -2.26. The zero-order chi connectivity index (χ0) is 31.3. The number of methoxy groups -OCH3 is 1. The van der Waals surface area contributed by atoms with Crippen LogP contribution in [0.25, 0.3) is 22.2 Å². The average Bonchev–Trinajstić information content (AvgIpc) is 3.29. The number of ether oxygens (including phenoxy) is 1. The number of aromatic nitrogens is 3. The molecule has 0 aliphatic heterocycles. The molecule has 0 bridgehead atoms. The van der Waals surface area contributed by atoms with Crippen molar-refractivity contribution in [1.82, 2.24) is 19.4 Å². The number of carbonyl (C=O) groups is 1. The van der Waals surface area contributed by atoms with E-state index in [9.17, 15) is 14.4 Å². The summed E-state index contributed by atoms with van der Waals surface area (Å²) in [7, 11) is 9.37. The molecule has 0 unspecified atom stereocenters. The van der Waals surface area contributed by atoms with Crippen molar-refractivity contribution < 1.29 is 13.9 Å². The summed E-state index contributed by atoms with van der Waals surface area (Å²) in [6, 6.07) is 10.3. The second kappa shape index (κ2) is 13.4. The van der Waals surface area contributed by atoms with Crippen LogP contribution in [0.5, 0.6) is 5.75 Å². The molecule has 43 heavy (non-hydrogen) atoms. The van der Waals surface area contributed by atoms with E-state index in [4.69, 9.17) is 4.74 Å². The van der Waals surface area contributed by atoms with Crippen LogP contribution in [0, 0.1) is 23.1 Å². The molecule has 0 saturated carbocycles. The van der Waals surface area contributed by atoms with Crippen molar-refractivity contribution in [2.24, 2.45) is 13.0 Å². The highest BCUT2D eigenvalue weighted by atomic mass is 19.1. The van der Waals surface area contributed by atoms with Crippen LogP contribution in [0.15, 0.2) is 54.9 Å². The molecule has 0 radical (unpaired) electrons. The van der Waals surface area contributed by atoms with E-state index in [1.54, 1.807) is 19.2 Å². The van der Waals surface area contributed by atoms with Gasteiger partial charge in [-0.15, -0.1) is 0 Å². The summed E-state index contributed by atoms with van der Waals surface area (Å²) >= 11 is 0. The van der Waals surface area contributed by atoms with Gasteiger partial charge in [-0.1, -0.05) is 19.9 Å². The van der Waals surface area contributed by atoms with Crippen molar-refractivity contribution in [2.45, 2.75) is 13.8 Å². The fraction of sp³-hybridized carbons (Fsp3) is 0.312. The van der Waals surface area contributed by atoms with Crippen molar-refractivity contribution >= 4 is 39.8 Å². The van der Waals surface area contributed by atoms with Crippen molar-refractivity contribution in [3.05, 3.63) is 66.3 Å². The summed E-state index contributed by atoms with van der Waals surface area (Å²) in [4.78, 5) is 26.0. The number of hydrogen-bond donors (Lipinski definition) is 2. The second-order valence-corrected chi connectivity index (χ2v) is 10.9. The number of nitrogens with one attached hydrogen (secondary N) is 2. The van der Waals surface area contributed by atoms with Crippen LogP contribution in [0.3, 0.4) is 0 Å². The Labute approximate surface area is 251 Å². The number of anilines is 4. The van der Waals surface area contributed by atoms with Crippen molar-refractivity contribution in [2.75, 3.05) is 56.9 Å². The summed E-state index contributed by atoms with van der Waals surface area (Å²) in [6.45, 7) is 5.52. The van der Waals surface area contributed by atoms with Crippen LogP contribution in [0.1, 0.15) is 19.4 Å². The number of carbonyl (C=O) groups excluding carboxylic acids is 1. The first-order valence-electron chi connectivity index (χ1n) is 13.9. The quantitative estimate of drug-likeness (QED) is 0.221. The molecule has 2 heterocycles. The highest BCUT2D eigenvalue weighted by Crippen LogP contribution is 2.38. The Morgan fingerprint density at radius 1 is 1.19 bits per heavy atom. The van der Waals surface area contributed by atoms with Gasteiger partial charge >= 0.3 is 0 Å². The molecule has 0 spiro atoms. The van der Waals surface area contributed by atoms with Crippen LogP contribution in [0.2, 0.25) is 0 Å². The molecule has 0 saturated heterocycles. The Morgan fingerprint density at radius 3 is 2.63 bits per heavy atom. The third-order valence-corrected chi connectivity index (χ3v) is 6.86. The first-order chi connectivity index (χ1) is 20.5. The Kier molecular flexibility index (Phi) is 9.63. The number of rotatable bonds is 11. The molecular weight excluding hydrogens is 547 g/mol. The topological polar surface area (TPSA) is 111 Å². The molecular formula is C32H37FN8O2. The summed E-state index contributed by atoms with van der Waals surface area (Å²) in [6.07, 6.45) is 6.60. The first kappa shape index (κ1) is 31.0. The summed E-state index contributed by atoms with van der Waals surface area (Å²) < 4.78 is 21.8. The molecule has 4 aromatic rings. The van der Waals surface area contributed by atoms with E-state index in [1.165, 1.54) is 24.4 Å². The monoisotopic (exact) mass is 584 g/mol. The highest BCUT2D eigenvalue weighted by molar-refractivity contribution is 6.02. The van der Waals surface area contributed by atoms with E-state index >= 15 is 0 Å². The maximum atomic E-state index is 14.2. The van der Waals surface area contributed by atoms with Gasteiger partial charge in [0.05, 0.1) is 41.6 Å². The Bertz CT molecular complexity index is 1700. The number of amides is 1. The van der Waals surface area contributed by atoms with Gasteiger partial charge in [0, 0.05) is 55.9 Å². The zero-order valence-electron chi connectivity index (χ0n) is 25.6. The summed E-state index contributed by atoms with van der Waals surface area (Å²) in [5.41, 5.74) is 3.87. The zero-order valence-corrected chi connectivity index (χ0v) is 25.6. The van der Waals surface area contributed by atoms with E-state index in [0.717, 1.165) is 17.7 Å². The number of allylic oxidation sites excluding steroid dienone is 1. The van der Waals surface area contributed by atoms with Gasteiger partial charge in [-0.25, -0.2) is 14.4 Å². The first-order valence-corrected chi connectivity index (χ1v) is 13.9. The number of aryl methyl sites for hydroxylation is 1. The van der Waals surface area contributed by atoms with Crippen LogP contribution < -0.4 is 20.3 Å². The molecule has 10 nitrogen and oxygen atoms in total. The molecule has 0 atom stereocenters. The molecule has 224 valence electrons. The lowest BCUT2D eigenvalue weighted by molar-refractivity contribution is -0.111. The number of likely N-dealkylation sites (N-methyl/N-ethyl adjacent to an activating group) is 2. The molecule has 0 fully saturated rings. The highest BCUT2D eigenvalue weighted by Gasteiger charge is 2.19. The molecule has 0 aliphatic carbocycles. The minimum atomic E-state index is -0.385. The van der Waals surface area contributed by atoms with Crippen LogP contribution in [0.4, 0.5) is 27.4 Å². The fourth-order valence-electron chi connectivity index (χ4n) is 4.58. The number of benzene rings is 2. The maximum absolute atomic E-state index is 14.2. The van der Waals surface area contributed by atoms with Crippen LogP contribution in [-0.4, -0.2) is 66.7 Å². The largest absolute Gasteiger partial charge is 0.494 e. The maximum Gasteiger partial charge on any atom is 0.248 e. The summed E-state index contributed by atoms with van der Waals surface area (Å²) in [5.74, 6) is 0.286. The van der Waals surface area contributed by atoms with Gasteiger partial charge in [-0.2, -0.15) is 5.26 Å². The molecule has 2 N–H and O–H groups in total. The van der Waals surface area contributed by atoms with E-state index in [0.29, 0.717) is 40.3 Å². The van der Waals surface area contributed by atoms with Crippen molar-refractivity contribution in [3.8, 4) is 23.1 Å². The molecule has 2 aromatic carbocycles. The van der Waals surface area contributed by atoms with Gasteiger partial charge in [0.15, 0.2) is 0 Å². The Hall–Kier alpha value is -4.95. The van der Waals surface area contributed by atoms with Gasteiger partial charge in [-0.05, 0) is 50.4 Å². The van der Waals surface area contributed by atoms with Crippen molar-refractivity contribution in [1.29, 1.82) is 5.26 Å². The smallest absolute Gasteiger partial charge is 0.248 e. The molecule has 2 aromatic heterocycles. The Balaban J connectivity index is 1.78. The number of fused-ring (bicyclic) bond motifs is 1. The number of nitriles is 1. The molecule has 0 aliphatic rings. The van der Waals surface area contributed by atoms with E-state index in [1.807, 2.05) is 69.8 Å². The third kappa shape index (κ3) is 7.28. The minimum Gasteiger partial charge on any atom is -0.494 e. The molecule has 1 amide bonds. The van der Waals surface area contributed by atoms with E-state index < -0.39 is 0 Å². The predicted molar refractivity (Wildman–Crippen MR) is 169 cm³/mol. The SMILES string of the molecule is COc1cc(N(C)CCN(C)C)c(NC(=O)/C=C\C(C)C)cc1Nc1ncc(C#N)c(-c2cn(C)c3ccc(F)cc23)n1.